The molecule has 0 aromatic heterocycles. The fraction of sp³-hybridized carbons (Fsp3) is 0.556. The van der Waals surface area contributed by atoms with Crippen molar-refractivity contribution in [3.8, 4) is 11.5 Å². The molecule has 0 spiro atoms. The second-order valence-electron chi connectivity index (χ2n) is 9.46. The van der Waals surface area contributed by atoms with Gasteiger partial charge in [0.05, 0.1) is 11.4 Å². The topological polar surface area (TPSA) is 64.5 Å². The largest absolute Gasteiger partial charge is 0.506 e. The van der Waals surface area contributed by atoms with E-state index < -0.39 is 0 Å². The molecular weight excluding hydrogens is 384 g/mol. The van der Waals surface area contributed by atoms with E-state index in [1.54, 1.807) is 12.1 Å². The highest BCUT2D eigenvalue weighted by atomic mass is 16.3. The van der Waals surface area contributed by atoms with Crippen molar-refractivity contribution in [2.45, 2.75) is 97.6 Å². The molecule has 4 nitrogen and oxygen atoms in total. The van der Waals surface area contributed by atoms with E-state index in [1.807, 2.05) is 12.1 Å². The predicted octanol–water partition coefficient (Wildman–Crippen LogP) is 7.40. The molecule has 31 heavy (non-hydrogen) atoms. The SMILES string of the molecule is CCCCC(C)Nc1cc(C(C)(C)c2ccc(O)c(NC(C)CCCC)c2)ccc1O. The summed E-state index contributed by atoms with van der Waals surface area (Å²) in [5.74, 6) is 0.557. The summed E-state index contributed by atoms with van der Waals surface area (Å²) in [6.07, 6.45) is 6.82. The molecule has 0 saturated carbocycles. The zero-order chi connectivity index (χ0) is 23.0. The highest BCUT2D eigenvalue weighted by Gasteiger charge is 2.25. The number of unbranched alkanes of at least 4 members (excludes halogenated alkanes) is 2. The summed E-state index contributed by atoms with van der Waals surface area (Å²) in [6.45, 7) is 13.1. The smallest absolute Gasteiger partial charge is 0.138 e. The van der Waals surface area contributed by atoms with Gasteiger partial charge >= 0.3 is 0 Å². The van der Waals surface area contributed by atoms with Gasteiger partial charge in [0.1, 0.15) is 11.5 Å². The number of benzene rings is 2. The van der Waals surface area contributed by atoms with E-state index in [1.165, 1.54) is 25.7 Å². The molecule has 2 aromatic carbocycles. The zero-order valence-electron chi connectivity index (χ0n) is 20.3. The Hall–Kier alpha value is -2.36. The second-order valence-corrected chi connectivity index (χ2v) is 9.46. The van der Waals surface area contributed by atoms with Crippen LogP contribution >= 0.6 is 0 Å². The van der Waals surface area contributed by atoms with Crippen molar-refractivity contribution in [1.82, 2.24) is 0 Å². The van der Waals surface area contributed by atoms with Gasteiger partial charge in [-0.25, -0.2) is 0 Å². The quantitative estimate of drug-likeness (QED) is 0.267. The highest BCUT2D eigenvalue weighted by molar-refractivity contribution is 5.62. The Morgan fingerprint density at radius 1 is 0.742 bits per heavy atom. The van der Waals surface area contributed by atoms with Crippen LogP contribution in [0.25, 0.3) is 0 Å². The van der Waals surface area contributed by atoms with Gasteiger partial charge in [-0.05, 0) is 62.1 Å². The van der Waals surface area contributed by atoms with Crippen molar-refractivity contribution in [3.05, 3.63) is 47.5 Å². The third-order valence-electron chi connectivity index (χ3n) is 6.22. The predicted molar refractivity (Wildman–Crippen MR) is 134 cm³/mol. The fourth-order valence-corrected chi connectivity index (χ4v) is 3.94. The zero-order valence-corrected chi connectivity index (χ0v) is 20.3. The van der Waals surface area contributed by atoms with Gasteiger partial charge in [-0.3, -0.25) is 0 Å². The highest BCUT2D eigenvalue weighted by Crippen LogP contribution is 2.38. The average Bonchev–Trinajstić information content (AvgIpc) is 2.73. The lowest BCUT2D eigenvalue weighted by Gasteiger charge is -2.28. The summed E-state index contributed by atoms with van der Waals surface area (Å²) in [6, 6.07) is 12.2. The van der Waals surface area contributed by atoms with Gasteiger partial charge in [0.25, 0.3) is 0 Å². The molecule has 0 aliphatic rings. The minimum atomic E-state index is -0.284. The third kappa shape index (κ3) is 6.81. The molecule has 2 unspecified atom stereocenters. The Morgan fingerprint density at radius 3 is 1.48 bits per heavy atom. The number of rotatable bonds is 12. The summed E-state index contributed by atoms with van der Waals surface area (Å²) in [5, 5.41) is 27.7. The van der Waals surface area contributed by atoms with Gasteiger partial charge < -0.3 is 20.8 Å². The van der Waals surface area contributed by atoms with Crippen LogP contribution in [0.3, 0.4) is 0 Å². The fourth-order valence-electron chi connectivity index (χ4n) is 3.94. The summed E-state index contributed by atoms with van der Waals surface area (Å²) < 4.78 is 0. The number of hydrogen-bond donors (Lipinski definition) is 4. The van der Waals surface area contributed by atoms with Crippen molar-refractivity contribution in [2.24, 2.45) is 0 Å². The maximum absolute atomic E-state index is 10.4. The Balaban J connectivity index is 2.28. The molecular formula is C27H42N2O2. The molecule has 0 radical (unpaired) electrons. The van der Waals surface area contributed by atoms with E-state index in [2.05, 4.69) is 64.3 Å². The van der Waals surface area contributed by atoms with Crippen LogP contribution < -0.4 is 10.6 Å². The molecule has 0 fully saturated rings. The molecule has 2 aromatic rings. The molecule has 4 N–H and O–H groups in total. The van der Waals surface area contributed by atoms with Crippen molar-refractivity contribution in [2.75, 3.05) is 10.6 Å². The van der Waals surface area contributed by atoms with E-state index in [9.17, 15) is 10.2 Å². The summed E-state index contributed by atoms with van der Waals surface area (Å²) >= 11 is 0. The van der Waals surface area contributed by atoms with Crippen LogP contribution in [0, 0.1) is 0 Å². The molecule has 2 rings (SSSR count). The van der Waals surface area contributed by atoms with Gasteiger partial charge in [0, 0.05) is 17.5 Å². The van der Waals surface area contributed by atoms with E-state index in [0.717, 1.165) is 35.3 Å². The van der Waals surface area contributed by atoms with E-state index in [0.29, 0.717) is 12.1 Å². The summed E-state index contributed by atoms with van der Waals surface area (Å²) in [4.78, 5) is 0. The number of hydrogen-bond acceptors (Lipinski definition) is 4. The van der Waals surface area contributed by atoms with Gasteiger partial charge in [0.15, 0.2) is 0 Å². The molecule has 0 heterocycles. The van der Waals surface area contributed by atoms with Gasteiger partial charge in [-0.15, -0.1) is 0 Å². The van der Waals surface area contributed by atoms with Crippen LogP contribution in [-0.4, -0.2) is 22.3 Å². The second kappa shape index (κ2) is 11.3. The van der Waals surface area contributed by atoms with Crippen LogP contribution in [0.2, 0.25) is 0 Å². The molecule has 0 bridgehead atoms. The number of phenolic OH excluding ortho intramolecular Hbond substituents is 2. The molecule has 2 atom stereocenters. The van der Waals surface area contributed by atoms with E-state index in [-0.39, 0.29) is 16.9 Å². The van der Waals surface area contributed by atoms with Crippen molar-refractivity contribution in [1.29, 1.82) is 0 Å². The number of anilines is 2. The van der Waals surface area contributed by atoms with Gasteiger partial charge in [-0.1, -0.05) is 65.5 Å². The third-order valence-corrected chi connectivity index (χ3v) is 6.22. The minimum Gasteiger partial charge on any atom is -0.506 e. The Bertz CT molecular complexity index is 764. The van der Waals surface area contributed by atoms with Crippen LogP contribution in [0.4, 0.5) is 11.4 Å². The van der Waals surface area contributed by atoms with Crippen LogP contribution in [0.1, 0.15) is 91.2 Å². The molecule has 0 amide bonds. The maximum atomic E-state index is 10.4. The summed E-state index contributed by atoms with van der Waals surface area (Å²) in [5.41, 5.74) is 3.50. The normalized spacial score (nSPS) is 13.6. The monoisotopic (exact) mass is 426 g/mol. The minimum absolute atomic E-state index is 0.278. The number of nitrogens with one attached hydrogen (secondary N) is 2. The van der Waals surface area contributed by atoms with Crippen LogP contribution in [0.5, 0.6) is 11.5 Å². The van der Waals surface area contributed by atoms with E-state index >= 15 is 0 Å². The van der Waals surface area contributed by atoms with Gasteiger partial charge in [0.2, 0.25) is 0 Å². The standard InChI is InChI=1S/C27H42N2O2/c1-7-9-11-19(3)28-23-17-21(13-15-25(23)30)27(5,6)22-14-16-26(31)24(18-22)29-20(4)12-10-8-2/h13-20,28-31H,7-12H2,1-6H3. The molecule has 172 valence electrons. The Labute approximate surface area is 189 Å². The van der Waals surface area contributed by atoms with Crippen LogP contribution in [0.15, 0.2) is 36.4 Å². The molecule has 0 saturated heterocycles. The van der Waals surface area contributed by atoms with E-state index in [4.69, 9.17) is 0 Å². The molecule has 0 aliphatic heterocycles. The molecule has 4 heteroatoms. The lowest BCUT2D eigenvalue weighted by molar-refractivity contribution is 0.474. The summed E-state index contributed by atoms with van der Waals surface area (Å²) in [7, 11) is 0. The Kier molecular flexibility index (Phi) is 9.09. The van der Waals surface area contributed by atoms with Crippen molar-refractivity contribution in [3.63, 3.8) is 0 Å². The maximum Gasteiger partial charge on any atom is 0.138 e. The first-order valence-corrected chi connectivity index (χ1v) is 11.9. The van der Waals surface area contributed by atoms with Crippen LogP contribution in [-0.2, 0) is 5.41 Å². The Morgan fingerprint density at radius 2 is 1.13 bits per heavy atom. The lowest BCUT2D eigenvalue weighted by Crippen LogP contribution is -2.21. The first-order valence-electron chi connectivity index (χ1n) is 11.9. The number of aromatic hydroxyl groups is 2. The molecule has 0 aliphatic carbocycles. The number of phenols is 2. The van der Waals surface area contributed by atoms with Gasteiger partial charge in [-0.2, -0.15) is 0 Å². The van der Waals surface area contributed by atoms with Crippen molar-refractivity contribution >= 4 is 11.4 Å². The average molecular weight is 427 g/mol. The first kappa shape index (κ1) is 24.9. The van der Waals surface area contributed by atoms with Crippen molar-refractivity contribution < 1.29 is 10.2 Å². The first-order chi connectivity index (χ1) is 14.7. The lowest BCUT2D eigenvalue weighted by atomic mass is 9.77.